The van der Waals surface area contributed by atoms with Crippen molar-refractivity contribution in [3.05, 3.63) is 138 Å². The normalized spacial score (nSPS) is 12.7. The first-order chi connectivity index (χ1) is 16.7. The van der Waals surface area contributed by atoms with Crippen molar-refractivity contribution < 1.29 is 0 Å². The predicted octanol–water partition coefficient (Wildman–Crippen LogP) is 2.30. The molecule has 0 radical (unpaired) electrons. The highest BCUT2D eigenvalue weighted by Gasteiger charge is 2.12. The van der Waals surface area contributed by atoms with E-state index in [-0.39, 0.29) is 0 Å². The maximum absolute atomic E-state index is 4.73. The Morgan fingerprint density at radius 1 is 0.588 bits per heavy atom. The summed E-state index contributed by atoms with van der Waals surface area (Å²) in [6.07, 6.45) is 7.54. The van der Waals surface area contributed by atoms with Crippen molar-refractivity contribution in [3.63, 3.8) is 0 Å². The first kappa shape index (κ1) is 19.9. The SMILES string of the molecule is C=c1ccc2cccc/c(=C\c3cnc4c(/C=c5\ccccc6ccc(=C)c5=6)nnc-4cn3)c1=2. The van der Waals surface area contributed by atoms with Crippen molar-refractivity contribution in [2.75, 3.05) is 0 Å². The number of aromatic nitrogens is 4. The van der Waals surface area contributed by atoms with Gasteiger partial charge in [0, 0.05) is 0 Å². The van der Waals surface area contributed by atoms with Crippen LogP contribution >= 0.6 is 0 Å². The third-order valence-corrected chi connectivity index (χ3v) is 6.06. The van der Waals surface area contributed by atoms with Crippen LogP contribution in [0, 0.1) is 20.9 Å². The molecule has 4 heteroatoms. The van der Waals surface area contributed by atoms with Crippen LogP contribution in [0.1, 0.15) is 11.4 Å². The Hall–Kier alpha value is -4.70. The number of nitrogens with zero attached hydrogens (tertiary/aromatic N) is 4. The summed E-state index contributed by atoms with van der Waals surface area (Å²) in [5.41, 5.74) is 2.80. The molecular formula is C30H20N4. The van der Waals surface area contributed by atoms with E-state index in [0.29, 0.717) is 17.1 Å². The molecule has 0 N–H and O–H groups in total. The summed E-state index contributed by atoms with van der Waals surface area (Å²) in [7, 11) is 0. The van der Waals surface area contributed by atoms with Gasteiger partial charge in [0.2, 0.25) is 0 Å². The molecule has 0 aromatic heterocycles. The van der Waals surface area contributed by atoms with Gasteiger partial charge in [-0.15, -0.1) is 10.2 Å². The van der Waals surface area contributed by atoms with Gasteiger partial charge in [0.1, 0.15) is 17.1 Å². The molecule has 2 heterocycles. The van der Waals surface area contributed by atoms with E-state index in [1.165, 1.54) is 0 Å². The number of hydrogen-bond acceptors (Lipinski definition) is 4. The van der Waals surface area contributed by atoms with Gasteiger partial charge in [-0.1, -0.05) is 86.0 Å². The van der Waals surface area contributed by atoms with Crippen LogP contribution in [-0.4, -0.2) is 20.2 Å². The van der Waals surface area contributed by atoms with Crippen LogP contribution in [-0.2, 0) is 0 Å². The smallest absolute Gasteiger partial charge is 0.132 e. The second-order valence-electron chi connectivity index (χ2n) is 8.27. The third-order valence-electron chi connectivity index (χ3n) is 6.06. The van der Waals surface area contributed by atoms with Crippen molar-refractivity contribution >= 4 is 25.3 Å². The summed E-state index contributed by atoms with van der Waals surface area (Å²) in [6.45, 7) is 8.37. The molecule has 4 nitrogen and oxygen atoms in total. The largest absolute Gasteiger partial charge is 0.253 e. The maximum Gasteiger partial charge on any atom is 0.132 e. The highest BCUT2D eigenvalue weighted by molar-refractivity contribution is 5.67. The zero-order valence-electron chi connectivity index (χ0n) is 18.4. The van der Waals surface area contributed by atoms with Crippen LogP contribution in [0.4, 0.5) is 0 Å². The van der Waals surface area contributed by atoms with Crippen LogP contribution in [0.3, 0.4) is 0 Å². The van der Waals surface area contributed by atoms with E-state index in [9.17, 15) is 0 Å². The summed E-state index contributed by atoms with van der Waals surface area (Å²) in [5, 5.41) is 17.3. The van der Waals surface area contributed by atoms with Crippen LogP contribution in [0.15, 0.2) is 85.2 Å². The summed E-state index contributed by atoms with van der Waals surface area (Å²) >= 11 is 0. The molecule has 0 aromatic carbocycles. The highest BCUT2D eigenvalue weighted by atomic mass is 15.1. The Morgan fingerprint density at radius 2 is 1.21 bits per heavy atom. The molecule has 2 aliphatic heterocycles. The van der Waals surface area contributed by atoms with Gasteiger partial charge in [0.05, 0.1) is 18.1 Å². The van der Waals surface area contributed by atoms with Gasteiger partial charge in [-0.3, -0.25) is 4.98 Å². The topological polar surface area (TPSA) is 51.6 Å². The van der Waals surface area contributed by atoms with Gasteiger partial charge in [-0.25, -0.2) is 4.98 Å². The molecule has 0 fully saturated rings. The Bertz CT molecular complexity index is 2010. The zero-order chi connectivity index (χ0) is 23.1. The lowest BCUT2D eigenvalue weighted by Gasteiger charge is -1.89. The molecule has 0 amide bonds. The van der Waals surface area contributed by atoms with Crippen molar-refractivity contribution in [3.8, 4) is 11.4 Å². The molecule has 0 spiro atoms. The van der Waals surface area contributed by atoms with Gasteiger partial charge < -0.3 is 0 Å². The Morgan fingerprint density at radius 3 is 1.88 bits per heavy atom. The lowest BCUT2D eigenvalue weighted by Crippen LogP contribution is -2.10. The molecule has 6 aliphatic rings. The Kier molecular flexibility index (Phi) is 4.70. The fourth-order valence-corrected chi connectivity index (χ4v) is 4.44. The number of rotatable bonds is 2. The van der Waals surface area contributed by atoms with Gasteiger partial charge in [0.25, 0.3) is 0 Å². The fraction of sp³-hybridized carbons (Fsp3) is 0. The maximum atomic E-state index is 4.73. The molecule has 0 unspecified atom stereocenters. The van der Waals surface area contributed by atoms with E-state index in [1.54, 1.807) is 12.4 Å². The molecule has 160 valence electrons. The molecule has 0 saturated heterocycles. The zero-order valence-corrected chi connectivity index (χ0v) is 18.4. The second-order valence-corrected chi connectivity index (χ2v) is 8.27. The minimum absolute atomic E-state index is 0.648. The van der Waals surface area contributed by atoms with Crippen molar-refractivity contribution in [2.24, 2.45) is 0 Å². The second kappa shape index (κ2) is 8.01. The average Bonchev–Trinajstić information content (AvgIpc) is 3.33. The van der Waals surface area contributed by atoms with E-state index in [4.69, 9.17) is 4.98 Å². The van der Waals surface area contributed by atoms with Gasteiger partial charge in [0.15, 0.2) is 0 Å². The lowest BCUT2D eigenvalue weighted by atomic mass is 10.2. The van der Waals surface area contributed by atoms with Crippen molar-refractivity contribution in [1.82, 2.24) is 20.2 Å². The van der Waals surface area contributed by atoms with E-state index in [1.807, 2.05) is 48.6 Å². The lowest BCUT2D eigenvalue weighted by molar-refractivity contribution is 1.08. The quantitative estimate of drug-likeness (QED) is 0.418. The van der Waals surface area contributed by atoms with Crippen LogP contribution in [0.25, 0.3) is 36.7 Å². The van der Waals surface area contributed by atoms with E-state index in [2.05, 4.69) is 64.7 Å². The van der Waals surface area contributed by atoms with E-state index >= 15 is 0 Å². The molecule has 34 heavy (non-hydrogen) atoms. The van der Waals surface area contributed by atoms with Gasteiger partial charge in [-0.05, 0) is 53.9 Å². The average molecular weight is 437 g/mol. The number of hydrogen-bond donors (Lipinski definition) is 0. The fourth-order valence-electron chi connectivity index (χ4n) is 4.44. The molecule has 0 aromatic rings. The first-order valence-electron chi connectivity index (χ1n) is 11.0. The van der Waals surface area contributed by atoms with Crippen LogP contribution in [0.2, 0.25) is 0 Å². The van der Waals surface area contributed by atoms with Crippen LogP contribution in [0.5, 0.6) is 0 Å². The Balaban J connectivity index is 1.55. The predicted molar refractivity (Wildman–Crippen MR) is 134 cm³/mol. The Labute approximate surface area is 195 Å². The van der Waals surface area contributed by atoms with E-state index < -0.39 is 0 Å². The molecule has 0 saturated carbocycles. The molecule has 4 aliphatic carbocycles. The summed E-state index contributed by atoms with van der Waals surface area (Å²) < 4.78 is 0. The summed E-state index contributed by atoms with van der Waals surface area (Å²) in [5.74, 6) is 0. The standard InChI is InChI=1S/C30H20N4/c1-19-11-13-21-7-3-5-9-23(28(19)21)15-25-17-32-30-26(33-34-27(30)18-31-25)16-24-10-6-4-8-22-14-12-20(2)29(22)24/h3-18H,1-2H2/b23-15+,24-16+. The number of fused-ring (bicyclic) bond motifs is 1. The summed E-state index contributed by atoms with van der Waals surface area (Å²) in [4.78, 5) is 9.35. The summed E-state index contributed by atoms with van der Waals surface area (Å²) in [6, 6.07) is 24.7. The highest BCUT2D eigenvalue weighted by Crippen LogP contribution is 2.19. The van der Waals surface area contributed by atoms with Crippen molar-refractivity contribution in [2.45, 2.75) is 0 Å². The molecule has 0 bridgehead atoms. The minimum Gasteiger partial charge on any atom is -0.253 e. The van der Waals surface area contributed by atoms with Gasteiger partial charge in [-0.2, -0.15) is 0 Å². The van der Waals surface area contributed by atoms with Crippen molar-refractivity contribution in [1.29, 1.82) is 0 Å². The first-order valence-corrected chi connectivity index (χ1v) is 11.0. The third kappa shape index (κ3) is 3.42. The van der Waals surface area contributed by atoms with E-state index in [0.717, 1.165) is 47.4 Å². The monoisotopic (exact) mass is 436 g/mol. The molecular weight excluding hydrogens is 416 g/mol. The molecule has 6 rings (SSSR count). The van der Waals surface area contributed by atoms with Crippen LogP contribution < -0.4 is 20.9 Å². The minimum atomic E-state index is 0.648. The molecule has 0 atom stereocenters. The van der Waals surface area contributed by atoms with Gasteiger partial charge >= 0.3 is 0 Å².